The number of nitrogens with one attached hydrogen (secondary N) is 1. The van der Waals surface area contributed by atoms with E-state index >= 15 is 0 Å². The van der Waals surface area contributed by atoms with E-state index in [9.17, 15) is 9.59 Å². The quantitative estimate of drug-likeness (QED) is 0.851. The average molecular weight is 333 g/mol. The van der Waals surface area contributed by atoms with Crippen LogP contribution in [-0.4, -0.2) is 37.3 Å². The lowest BCUT2D eigenvalue weighted by Crippen LogP contribution is -2.26. The Hall–Kier alpha value is -2.42. The van der Waals surface area contributed by atoms with E-state index in [1.807, 2.05) is 6.92 Å². The molecule has 23 heavy (non-hydrogen) atoms. The molecule has 0 saturated heterocycles. The van der Waals surface area contributed by atoms with E-state index < -0.39 is 12.1 Å². The maximum absolute atomic E-state index is 12.3. The number of amides is 1. The van der Waals surface area contributed by atoms with E-state index in [1.165, 1.54) is 16.4 Å². The second-order valence-corrected chi connectivity index (χ2v) is 6.55. The number of nitrogens with zero attached hydrogens (tertiary/aromatic N) is 4. The van der Waals surface area contributed by atoms with Crippen LogP contribution < -0.4 is 5.32 Å². The number of hydrogen-bond acceptors (Lipinski definition) is 7. The molecule has 1 aliphatic heterocycles. The van der Waals surface area contributed by atoms with Gasteiger partial charge in [-0.1, -0.05) is 0 Å². The zero-order valence-electron chi connectivity index (χ0n) is 12.8. The van der Waals surface area contributed by atoms with E-state index in [0.717, 1.165) is 4.90 Å². The number of tetrazole rings is 1. The van der Waals surface area contributed by atoms with Gasteiger partial charge in [-0.05, 0) is 42.5 Å². The van der Waals surface area contributed by atoms with Crippen molar-refractivity contribution in [3.8, 4) is 0 Å². The van der Waals surface area contributed by atoms with Crippen molar-refractivity contribution in [2.75, 3.05) is 5.32 Å². The standard InChI is InChI=1S/C14H15N5O3S/c1-7(12-16-17-18-19(12)3)22-14(21)9-4-5-11-10(6-9)15-13(20)8(2)23-11/h4-8H,1-3H3,(H,15,20)/t7-,8-/m1/s1. The molecule has 9 heteroatoms. The number of benzene rings is 1. The number of aromatic nitrogens is 4. The Balaban J connectivity index is 1.77. The fourth-order valence-corrected chi connectivity index (χ4v) is 3.13. The number of anilines is 1. The number of carbonyl (C=O) groups excluding carboxylic acids is 2. The molecule has 8 nitrogen and oxygen atoms in total. The molecule has 0 saturated carbocycles. The molecule has 1 aromatic carbocycles. The summed E-state index contributed by atoms with van der Waals surface area (Å²) in [5.74, 6) is -0.123. The average Bonchev–Trinajstić information content (AvgIpc) is 2.94. The molecule has 0 bridgehead atoms. The van der Waals surface area contributed by atoms with Gasteiger partial charge in [0, 0.05) is 11.9 Å². The third-order valence-corrected chi connectivity index (χ3v) is 4.62. The van der Waals surface area contributed by atoms with Crippen molar-refractivity contribution in [3.63, 3.8) is 0 Å². The Morgan fingerprint density at radius 2 is 2.26 bits per heavy atom. The van der Waals surface area contributed by atoms with Crippen molar-refractivity contribution in [2.24, 2.45) is 7.05 Å². The second kappa shape index (κ2) is 5.99. The predicted octanol–water partition coefficient (Wildman–Crippen LogP) is 1.56. The molecular formula is C14H15N5O3S. The summed E-state index contributed by atoms with van der Waals surface area (Å²) < 4.78 is 6.83. The second-order valence-electron chi connectivity index (χ2n) is 5.17. The maximum Gasteiger partial charge on any atom is 0.338 e. The van der Waals surface area contributed by atoms with Crippen LogP contribution in [-0.2, 0) is 16.6 Å². The summed E-state index contributed by atoms with van der Waals surface area (Å²) in [6, 6.07) is 5.11. The minimum atomic E-state index is -0.581. The number of esters is 1. The fraction of sp³-hybridized carbons (Fsp3) is 0.357. The van der Waals surface area contributed by atoms with Crippen LogP contribution in [0.5, 0.6) is 0 Å². The lowest BCUT2D eigenvalue weighted by molar-refractivity contribution is -0.115. The van der Waals surface area contributed by atoms with Crippen LogP contribution in [0.2, 0.25) is 0 Å². The Morgan fingerprint density at radius 3 is 2.96 bits per heavy atom. The normalized spacial score (nSPS) is 18.0. The number of carbonyl (C=O) groups is 2. The highest BCUT2D eigenvalue weighted by Crippen LogP contribution is 2.36. The molecule has 0 spiro atoms. The fourth-order valence-electron chi connectivity index (χ4n) is 2.20. The topological polar surface area (TPSA) is 99.0 Å². The van der Waals surface area contributed by atoms with Crippen LogP contribution in [0.1, 0.15) is 36.1 Å². The van der Waals surface area contributed by atoms with E-state index in [4.69, 9.17) is 4.74 Å². The van der Waals surface area contributed by atoms with Crippen LogP contribution in [0.15, 0.2) is 23.1 Å². The first-order chi connectivity index (χ1) is 11.0. The smallest absolute Gasteiger partial charge is 0.338 e. The molecule has 2 aromatic rings. The first-order valence-electron chi connectivity index (χ1n) is 7.00. The molecule has 1 aromatic heterocycles. The van der Waals surface area contributed by atoms with E-state index in [0.29, 0.717) is 17.1 Å². The first kappa shape index (κ1) is 15.5. The van der Waals surface area contributed by atoms with Gasteiger partial charge < -0.3 is 10.1 Å². The summed E-state index contributed by atoms with van der Waals surface area (Å²) in [5.41, 5.74) is 0.988. The van der Waals surface area contributed by atoms with Gasteiger partial charge in [0.25, 0.3) is 0 Å². The van der Waals surface area contributed by atoms with Gasteiger partial charge in [0.05, 0.1) is 16.5 Å². The van der Waals surface area contributed by atoms with Crippen molar-refractivity contribution in [1.29, 1.82) is 0 Å². The third kappa shape index (κ3) is 3.04. The highest BCUT2D eigenvalue weighted by molar-refractivity contribution is 8.00. The number of ether oxygens (including phenoxy) is 1. The molecule has 0 aliphatic carbocycles. The molecule has 3 rings (SSSR count). The van der Waals surface area contributed by atoms with Crippen molar-refractivity contribution < 1.29 is 14.3 Å². The Kier molecular flexibility index (Phi) is 4.03. The summed E-state index contributed by atoms with van der Waals surface area (Å²) in [5, 5.41) is 13.7. The van der Waals surface area contributed by atoms with E-state index in [2.05, 4.69) is 20.8 Å². The summed E-state index contributed by atoms with van der Waals surface area (Å²) >= 11 is 1.46. The highest BCUT2D eigenvalue weighted by Gasteiger charge is 2.25. The molecule has 1 aliphatic rings. The molecular weight excluding hydrogens is 318 g/mol. The molecule has 0 fully saturated rings. The van der Waals surface area contributed by atoms with Gasteiger partial charge in [-0.3, -0.25) is 4.79 Å². The Morgan fingerprint density at radius 1 is 1.48 bits per heavy atom. The largest absolute Gasteiger partial charge is 0.451 e. The van der Waals surface area contributed by atoms with E-state index in [-0.39, 0.29) is 11.2 Å². The van der Waals surface area contributed by atoms with Crippen molar-refractivity contribution in [3.05, 3.63) is 29.6 Å². The zero-order valence-corrected chi connectivity index (χ0v) is 13.6. The third-order valence-electron chi connectivity index (χ3n) is 3.45. The predicted molar refractivity (Wildman–Crippen MR) is 83.0 cm³/mol. The summed E-state index contributed by atoms with van der Waals surface area (Å²) in [4.78, 5) is 24.9. The Bertz CT molecular complexity index is 776. The number of thioether (sulfide) groups is 1. The van der Waals surface area contributed by atoms with Gasteiger partial charge in [-0.2, -0.15) is 0 Å². The zero-order chi connectivity index (χ0) is 16.6. The summed E-state index contributed by atoms with van der Waals surface area (Å²) in [6.45, 7) is 3.53. The van der Waals surface area contributed by atoms with Gasteiger partial charge >= 0.3 is 5.97 Å². The van der Waals surface area contributed by atoms with Crippen LogP contribution in [0, 0.1) is 0 Å². The van der Waals surface area contributed by atoms with Crippen molar-refractivity contribution >= 4 is 29.3 Å². The summed E-state index contributed by atoms with van der Waals surface area (Å²) in [7, 11) is 1.67. The van der Waals surface area contributed by atoms with Gasteiger partial charge in [0.1, 0.15) is 0 Å². The van der Waals surface area contributed by atoms with Crippen molar-refractivity contribution in [2.45, 2.75) is 30.1 Å². The first-order valence-corrected chi connectivity index (χ1v) is 7.88. The molecule has 0 radical (unpaired) electrons. The van der Waals surface area contributed by atoms with Gasteiger partial charge in [0.2, 0.25) is 5.91 Å². The number of fused-ring (bicyclic) bond motifs is 1. The summed E-state index contributed by atoms with van der Waals surface area (Å²) in [6.07, 6.45) is -0.581. The molecule has 1 amide bonds. The van der Waals surface area contributed by atoms with Crippen molar-refractivity contribution in [1.82, 2.24) is 20.2 Å². The number of rotatable bonds is 3. The lowest BCUT2D eigenvalue weighted by Gasteiger charge is -2.21. The van der Waals surface area contributed by atoms with Gasteiger partial charge in [-0.15, -0.1) is 16.9 Å². The number of aryl methyl sites for hydroxylation is 1. The van der Waals surface area contributed by atoms with Gasteiger partial charge in [0.15, 0.2) is 11.9 Å². The molecule has 120 valence electrons. The maximum atomic E-state index is 12.3. The minimum absolute atomic E-state index is 0.0773. The molecule has 2 atom stereocenters. The van der Waals surface area contributed by atoms with Gasteiger partial charge in [-0.25, -0.2) is 9.48 Å². The van der Waals surface area contributed by atoms with Crippen LogP contribution in [0.4, 0.5) is 5.69 Å². The Labute approximate surface area is 136 Å². The van der Waals surface area contributed by atoms with E-state index in [1.54, 1.807) is 32.2 Å². The van der Waals surface area contributed by atoms with Crippen LogP contribution in [0.3, 0.4) is 0 Å². The number of hydrogen-bond donors (Lipinski definition) is 1. The molecule has 0 unspecified atom stereocenters. The minimum Gasteiger partial charge on any atom is -0.451 e. The monoisotopic (exact) mass is 333 g/mol. The highest BCUT2D eigenvalue weighted by atomic mass is 32.2. The SMILES string of the molecule is C[C@H]1Sc2ccc(C(=O)O[C@H](C)c3nnnn3C)cc2NC1=O. The molecule has 2 heterocycles. The van der Waals surface area contributed by atoms with Crippen LogP contribution in [0.25, 0.3) is 0 Å². The van der Waals surface area contributed by atoms with Crippen LogP contribution >= 0.6 is 11.8 Å². The lowest BCUT2D eigenvalue weighted by atomic mass is 10.2. The molecule has 1 N–H and O–H groups in total.